The smallest absolute Gasteiger partial charge is 0.0348 e. The molecular formula is C27H36. The number of rotatable bonds is 15. The van der Waals surface area contributed by atoms with E-state index in [2.05, 4.69) is 37.8 Å². The van der Waals surface area contributed by atoms with E-state index in [-0.39, 0.29) is 0 Å². The van der Waals surface area contributed by atoms with Gasteiger partial charge in [-0.1, -0.05) is 155 Å². The van der Waals surface area contributed by atoms with E-state index in [1.54, 1.807) is 6.08 Å². The Hall–Kier alpha value is -2.60. The minimum atomic E-state index is 1.19. The maximum absolute atomic E-state index is 3.61. The molecular weight excluding hydrogens is 324 g/mol. The molecule has 27 heavy (non-hydrogen) atoms. The number of allylic oxidation sites excluding steroid dienone is 19. The van der Waals surface area contributed by atoms with Crippen molar-refractivity contribution < 1.29 is 0 Å². The Labute approximate surface area is 167 Å². The highest BCUT2D eigenvalue weighted by Gasteiger charge is 1.85. The molecule has 0 heterocycles. The topological polar surface area (TPSA) is 0 Å². The van der Waals surface area contributed by atoms with Gasteiger partial charge in [0.1, 0.15) is 0 Å². The monoisotopic (exact) mass is 360 g/mol. The summed E-state index contributed by atoms with van der Waals surface area (Å²) in [6.45, 7) is 5.87. The summed E-state index contributed by atoms with van der Waals surface area (Å²) in [5.41, 5.74) is 0. The molecule has 0 amide bonds. The van der Waals surface area contributed by atoms with Gasteiger partial charge in [0.25, 0.3) is 0 Å². The average Bonchev–Trinajstić information content (AvgIpc) is 2.68. The summed E-state index contributed by atoms with van der Waals surface area (Å²) in [6, 6.07) is 0. The molecule has 0 aliphatic heterocycles. The molecule has 0 aromatic rings. The van der Waals surface area contributed by atoms with Crippen LogP contribution in [0.15, 0.2) is 122 Å². The Morgan fingerprint density at radius 2 is 0.815 bits per heavy atom. The zero-order valence-corrected chi connectivity index (χ0v) is 16.9. The minimum absolute atomic E-state index is 1.19. The number of hydrogen-bond acceptors (Lipinski definition) is 0. The minimum Gasteiger partial charge on any atom is -0.0991 e. The SMILES string of the molecule is C=C/C=C/C=C/C=C/C=C/C=C/C=C/C=C/C=C/C=C/CCCCCCC. The van der Waals surface area contributed by atoms with Crippen molar-refractivity contribution in [3.63, 3.8) is 0 Å². The van der Waals surface area contributed by atoms with Crippen molar-refractivity contribution >= 4 is 0 Å². The first-order chi connectivity index (χ1) is 13.4. The number of unbranched alkanes of at least 4 members (excludes halogenated alkanes) is 5. The molecule has 0 unspecified atom stereocenters. The second-order valence-corrected chi connectivity index (χ2v) is 5.95. The van der Waals surface area contributed by atoms with E-state index in [0.717, 1.165) is 0 Å². The van der Waals surface area contributed by atoms with Crippen LogP contribution in [0, 0.1) is 0 Å². The van der Waals surface area contributed by atoms with Gasteiger partial charge < -0.3 is 0 Å². The molecule has 0 saturated carbocycles. The van der Waals surface area contributed by atoms with E-state index in [1.807, 2.05) is 85.1 Å². The van der Waals surface area contributed by atoms with Crippen LogP contribution in [0.5, 0.6) is 0 Å². The molecule has 0 aliphatic carbocycles. The summed E-state index contributed by atoms with van der Waals surface area (Å²) in [5.74, 6) is 0. The van der Waals surface area contributed by atoms with E-state index in [1.165, 1.54) is 38.5 Å². The standard InChI is InChI=1S/C27H36/c1-3-5-7-9-11-13-15-17-19-21-23-25-27-26-24-22-20-18-16-14-12-10-8-6-4-2/h3,5,7,9,11,13,15-27H,1,4,6,8,10,12,14H2,2H3/b7-5+,11-9+,15-13+,18-16+,19-17+,22-20+,23-21+,26-24+,27-25+. The van der Waals surface area contributed by atoms with Crippen LogP contribution in [0.4, 0.5) is 0 Å². The van der Waals surface area contributed by atoms with E-state index >= 15 is 0 Å². The lowest BCUT2D eigenvalue weighted by molar-refractivity contribution is 0.637. The van der Waals surface area contributed by atoms with Gasteiger partial charge >= 0.3 is 0 Å². The predicted octanol–water partition coefficient (Wildman–Crippen LogP) is 8.54. The van der Waals surface area contributed by atoms with Gasteiger partial charge in [0, 0.05) is 0 Å². The fraction of sp³-hybridized carbons (Fsp3) is 0.259. The molecule has 0 N–H and O–H groups in total. The van der Waals surface area contributed by atoms with Crippen LogP contribution in [0.2, 0.25) is 0 Å². The highest BCUT2D eigenvalue weighted by molar-refractivity contribution is 5.22. The first-order valence-electron chi connectivity index (χ1n) is 10.0. The highest BCUT2D eigenvalue weighted by Crippen LogP contribution is 2.05. The Morgan fingerprint density at radius 1 is 0.444 bits per heavy atom. The Morgan fingerprint density at radius 3 is 1.22 bits per heavy atom. The molecule has 0 nitrogen and oxygen atoms in total. The molecule has 0 spiro atoms. The summed E-state index contributed by atoms with van der Waals surface area (Å²) >= 11 is 0. The third kappa shape index (κ3) is 23.4. The fourth-order valence-electron chi connectivity index (χ4n) is 2.08. The molecule has 0 aliphatic rings. The van der Waals surface area contributed by atoms with E-state index in [9.17, 15) is 0 Å². The summed E-state index contributed by atoms with van der Waals surface area (Å²) in [7, 11) is 0. The van der Waals surface area contributed by atoms with Gasteiger partial charge in [-0.15, -0.1) is 0 Å². The Bertz CT molecular complexity index is 584. The van der Waals surface area contributed by atoms with Gasteiger partial charge in [-0.25, -0.2) is 0 Å². The van der Waals surface area contributed by atoms with Crippen LogP contribution in [0.25, 0.3) is 0 Å². The van der Waals surface area contributed by atoms with Crippen LogP contribution in [-0.4, -0.2) is 0 Å². The van der Waals surface area contributed by atoms with E-state index < -0.39 is 0 Å². The molecule has 0 aromatic carbocycles. The molecule has 144 valence electrons. The lowest BCUT2D eigenvalue weighted by Crippen LogP contribution is -1.75. The molecule has 0 bridgehead atoms. The van der Waals surface area contributed by atoms with Crippen molar-refractivity contribution in [1.29, 1.82) is 0 Å². The normalized spacial score (nSPS) is 13.8. The van der Waals surface area contributed by atoms with E-state index in [0.29, 0.717) is 0 Å². The summed E-state index contributed by atoms with van der Waals surface area (Å²) in [6.07, 6.45) is 46.1. The van der Waals surface area contributed by atoms with Crippen LogP contribution in [0.3, 0.4) is 0 Å². The average molecular weight is 361 g/mol. The quantitative estimate of drug-likeness (QED) is 0.203. The summed E-state index contributed by atoms with van der Waals surface area (Å²) < 4.78 is 0. The lowest BCUT2D eigenvalue weighted by atomic mass is 10.1. The lowest BCUT2D eigenvalue weighted by Gasteiger charge is -1.95. The largest absolute Gasteiger partial charge is 0.0991 e. The van der Waals surface area contributed by atoms with Gasteiger partial charge in [-0.2, -0.15) is 0 Å². The maximum Gasteiger partial charge on any atom is -0.0348 e. The van der Waals surface area contributed by atoms with Crippen molar-refractivity contribution in [2.75, 3.05) is 0 Å². The molecule has 0 radical (unpaired) electrons. The van der Waals surface area contributed by atoms with Crippen LogP contribution in [0.1, 0.15) is 45.4 Å². The first-order valence-corrected chi connectivity index (χ1v) is 10.0. The predicted molar refractivity (Wildman–Crippen MR) is 126 cm³/mol. The van der Waals surface area contributed by atoms with Crippen molar-refractivity contribution in [2.24, 2.45) is 0 Å². The number of hydrogen-bond donors (Lipinski definition) is 0. The third-order valence-corrected chi connectivity index (χ3v) is 3.52. The second kappa shape index (κ2) is 23.4. The highest BCUT2D eigenvalue weighted by atomic mass is 13.9. The molecule has 0 aromatic heterocycles. The van der Waals surface area contributed by atoms with Gasteiger partial charge in [0.15, 0.2) is 0 Å². The van der Waals surface area contributed by atoms with Gasteiger partial charge in [0.2, 0.25) is 0 Å². The molecule has 0 fully saturated rings. The van der Waals surface area contributed by atoms with Crippen molar-refractivity contribution in [2.45, 2.75) is 45.4 Å². The fourth-order valence-corrected chi connectivity index (χ4v) is 2.08. The van der Waals surface area contributed by atoms with Crippen molar-refractivity contribution in [1.82, 2.24) is 0 Å². The van der Waals surface area contributed by atoms with E-state index in [4.69, 9.17) is 0 Å². The second-order valence-electron chi connectivity index (χ2n) is 5.95. The molecule has 0 saturated heterocycles. The summed E-state index contributed by atoms with van der Waals surface area (Å²) in [4.78, 5) is 0. The van der Waals surface area contributed by atoms with Crippen LogP contribution < -0.4 is 0 Å². The Balaban J connectivity index is 3.76. The summed E-state index contributed by atoms with van der Waals surface area (Å²) in [5, 5.41) is 0. The van der Waals surface area contributed by atoms with Crippen LogP contribution >= 0.6 is 0 Å². The molecule has 0 rings (SSSR count). The molecule has 0 atom stereocenters. The van der Waals surface area contributed by atoms with Gasteiger partial charge in [-0.05, 0) is 12.8 Å². The Kier molecular flexibility index (Phi) is 21.1. The zero-order chi connectivity index (χ0) is 19.7. The zero-order valence-electron chi connectivity index (χ0n) is 16.9. The van der Waals surface area contributed by atoms with Crippen molar-refractivity contribution in [3.05, 3.63) is 122 Å². The van der Waals surface area contributed by atoms with Gasteiger partial charge in [-0.3, -0.25) is 0 Å². The van der Waals surface area contributed by atoms with Gasteiger partial charge in [0.05, 0.1) is 0 Å². The molecule has 0 heteroatoms. The maximum atomic E-state index is 3.61. The van der Waals surface area contributed by atoms with Crippen LogP contribution in [-0.2, 0) is 0 Å². The third-order valence-electron chi connectivity index (χ3n) is 3.52. The van der Waals surface area contributed by atoms with Crippen molar-refractivity contribution in [3.8, 4) is 0 Å². The first kappa shape index (κ1) is 24.4.